The molecule has 4 bridgehead atoms. The monoisotopic (exact) mass is 196 g/mol. The highest BCUT2D eigenvalue weighted by atomic mass is 19.2. The minimum Gasteiger partial charge on any atom is -0.244 e. The van der Waals surface area contributed by atoms with Gasteiger partial charge in [-0.25, -0.2) is 8.78 Å². The fourth-order valence-electron chi connectivity index (χ4n) is 4.89. The zero-order valence-corrected chi connectivity index (χ0v) is 7.94. The molecule has 0 amide bonds. The highest BCUT2D eigenvalue weighted by Crippen LogP contribution is 2.66. The minimum absolute atomic E-state index is 0.0555. The van der Waals surface area contributed by atoms with Gasteiger partial charge >= 0.3 is 0 Å². The zero-order valence-electron chi connectivity index (χ0n) is 7.94. The summed E-state index contributed by atoms with van der Waals surface area (Å²) in [4.78, 5) is 0. The Bertz CT molecular complexity index is 283. The van der Waals surface area contributed by atoms with Crippen LogP contribution in [0.3, 0.4) is 0 Å². The van der Waals surface area contributed by atoms with Crippen LogP contribution in [0.4, 0.5) is 8.78 Å². The predicted octanol–water partition coefficient (Wildman–Crippen LogP) is 2.75. The highest BCUT2D eigenvalue weighted by molar-refractivity contribution is 5.22. The van der Waals surface area contributed by atoms with Gasteiger partial charge in [0, 0.05) is 0 Å². The molecule has 0 aliphatic heterocycles. The van der Waals surface area contributed by atoms with E-state index in [1.54, 1.807) is 0 Å². The van der Waals surface area contributed by atoms with Crippen LogP contribution in [0.5, 0.6) is 0 Å². The summed E-state index contributed by atoms with van der Waals surface area (Å²) in [6.45, 7) is 0. The first kappa shape index (κ1) is 7.84. The molecular weight excluding hydrogens is 182 g/mol. The summed E-state index contributed by atoms with van der Waals surface area (Å²) in [5, 5.41) is 0. The molecule has 8 unspecified atom stereocenters. The lowest BCUT2D eigenvalue weighted by Crippen LogP contribution is -2.39. The highest BCUT2D eigenvalue weighted by Gasteiger charge is 2.65. The molecule has 14 heavy (non-hydrogen) atoms. The van der Waals surface area contributed by atoms with Gasteiger partial charge in [-0.1, -0.05) is 12.2 Å². The van der Waals surface area contributed by atoms with E-state index in [1.165, 1.54) is 6.42 Å². The van der Waals surface area contributed by atoms with Gasteiger partial charge in [-0.3, -0.25) is 0 Å². The quantitative estimate of drug-likeness (QED) is 0.413. The van der Waals surface area contributed by atoms with Gasteiger partial charge in [0.2, 0.25) is 0 Å². The summed E-state index contributed by atoms with van der Waals surface area (Å²) in [6, 6.07) is 0. The Labute approximate surface area is 82.4 Å². The molecule has 4 aliphatic rings. The van der Waals surface area contributed by atoms with Crippen LogP contribution in [0.1, 0.15) is 12.8 Å². The molecule has 4 aliphatic carbocycles. The maximum atomic E-state index is 13.6. The Kier molecular flexibility index (Phi) is 1.25. The molecule has 0 aromatic carbocycles. The third-order valence-corrected chi connectivity index (χ3v) is 5.24. The molecule has 2 heteroatoms. The van der Waals surface area contributed by atoms with Crippen molar-refractivity contribution in [1.29, 1.82) is 0 Å². The number of rotatable bonds is 0. The van der Waals surface area contributed by atoms with E-state index in [2.05, 4.69) is 12.2 Å². The van der Waals surface area contributed by atoms with E-state index in [-0.39, 0.29) is 11.8 Å². The van der Waals surface area contributed by atoms with Crippen molar-refractivity contribution < 1.29 is 8.78 Å². The summed E-state index contributed by atoms with van der Waals surface area (Å²) >= 11 is 0. The number of hydrogen-bond donors (Lipinski definition) is 0. The third kappa shape index (κ3) is 0.655. The fourth-order valence-corrected chi connectivity index (χ4v) is 4.89. The smallest absolute Gasteiger partial charge is 0.135 e. The number of alkyl halides is 2. The first-order valence-electron chi connectivity index (χ1n) is 5.74. The van der Waals surface area contributed by atoms with E-state index in [1.807, 2.05) is 0 Å². The Hall–Kier alpha value is -0.400. The van der Waals surface area contributed by atoms with Crippen molar-refractivity contribution in [3.05, 3.63) is 12.2 Å². The summed E-state index contributed by atoms with van der Waals surface area (Å²) in [6.07, 6.45) is 4.23. The number of hydrogen-bond acceptors (Lipinski definition) is 0. The predicted molar refractivity (Wildman–Crippen MR) is 49.1 cm³/mol. The average molecular weight is 196 g/mol. The second-order valence-corrected chi connectivity index (χ2v) is 5.56. The van der Waals surface area contributed by atoms with E-state index in [0.29, 0.717) is 23.7 Å². The van der Waals surface area contributed by atoms with Gasteiger partial charge in [-0.05, 0) is 48.3 Å². The molecule has 0 saturated heterocycles. The lowest BCUT2D eigenvalue weighted by Gasteiger charge is -2.35. The van der Waals surface area contributed by atoms with Gasteiger partial charge in [0.15, 0.2) is 0 Å². The molecule has 3 fully saturated rings. The second-order valence-electron chi connectivity index (χ2n) is 5.56. The first-order valence-corrected chi connectivity index (χ1v) is 5.74. The molecule has 0 heterocycles. The van der Waals surface area contributed by atoms with E-state index in [4.69, 9.17) is 0 Å². The lowest BCUT2D eigenvalue weighted by molar-refractivity contribution is 0.0338. The minimum atomic E-state index is -1.14. The third-order valence-electron chi connectivity index (χ3n) is 5.24. The SMILES string of the molecule is FC1C(F)C2CC1C1C3C=CC(C3)C21. The lowest BCUT2D eigenvalue weighted by atomic mass is 9.72. The zero-order chi connectivity index (χ0) is 9.45. The second kappa shape index (κ2) is 2.23. The molecular formula is C12H14F2. The van der Waals surface area contributed by atoms with Crippen LogP contribution in [0.25, 0.3) is 0 Å². The Balaban J connectivity index is 1.78. The van der Waals surface area contributed by atoms with Gasteiger partial charge in [-0.15, -0.1) is 0 Å². The van der Waals surface area contributed by atoms with Gasteiger partial charge in [0.25, 0.3) is 0 Å². The first-order chi connectivity index (χ1) is 6.77. The van der Waals surface area contributed by atoms with Gasteiger partial charge in [0.1, 0.15) is 12.3 Å². The molecule has 0 nitrogen and oxygen atoms in total. The molecule has 0 radical (unpaired) electrons. The topological polar surface area (TPSA) is 0 Å². The maximum Gasteiger partial charge on any atom is 0.135 e. The van der Waals surface area contributed by atoms with Crippen LogP contribution in [-0.4, -0.2) is 12.3 Å². The largest absolute Gasteiger partial charge is 0.244 e. The van der Waals surface area contributed by atoms with Crippen LogP contribution in [0, 0.1) is 35.5 Å². The molecule has 0 aromatic rings. The van der Waals surface area contributed by atoms with Crippen molar-refractivity contribution in [2.24, 2.45) is 35.5 Å². The van der Waals surface area contributed by atoms with E-state index in [9.17, 15) is 8.78 Å². The van der Waals surface area contributed by atoms with Crippen LogP contribution in [-0.2, 0) is 0 Å². The van der Waals surface area contributed by atoms with Crippen LogP contribution in [0.2, 0.25) is 0 Å². The normalized spacial score (nSPS) is 67.9. The van der Waals surface area contributed by atoms with Crippen molar-refractivity contribution in [2.45, 2.75) is 25.2 Å². The maximum absolute atomic E-state index is 13.6. The molecule has 3 saturated carbocycles. The van der Waals surface area contributed by atoms with Crippen molar-refractivity contribution in [3.8, 4) is 0 Å². The summed E-state index contributed by atoms with van der Waals surface area (Å²) in [5.74, 6) is 2.28. The number of halogens is 2. The summed E-state index contributed by atoms with van der Waals surface area (Å²) in [5.41, 5.74) is 0. The summed E-state index contributed by atoms with van der Waals surface area (Å²) in [7, 11) is 0. The standard InChI is InChI=1S/C12H14F2/c13-11-7-4-8(12(11)14)10-6-2-1-5(3-6)9(7)10/h1-2,5-12H,3-4H2. The van der Waals surface area contributed by atoms with Gasteiger partial charge < -0.3 is 0 Å². The molecule has 8 atom stereocenters. The van der Waals surface area contributed by atoms with Crippen LogP contribution >= 0.6 is 0 Å². The van der Waals surface area contributed by atoms with Gasteiger partial charge in [0.05, 0.1) is 0 Å². The van der Waals surface area contributed by atoms with Crippen molar-refractivity contribution in [2.75, 3.05) is 0 Å². The molecule has 4 rings (SSSR count). The van der Waals surface area contributed by atoms with Gasteiger partial charge in [-0.2, -0.15) is 0 Å². The Morgan fingerprint density at radius 2 is 1.29 bits per heavy atom. The molecule has 0 aromatic heterocycles. The van der Waals surface area contributed by atoms with Crippen molar-refractivity contribution >= 4 is 0 Å². The van der Waals surface area contributed by atoms with E-state index in [0.717, 1.165) is 6.42 Å². The van der Waals surface area contributed by atoms with Crippen LogP contribution < -0.4 is 0 Å². The van der Waals surface area contributed by atoms with Crippen molar-refractivity contribution in [1.82, 2.24) is 0 Å². The number of fused-ring (bicyclic) bond motifs is 9. The Morgan fingerprint density at radius 3 is 1.79 bits per heavy atom. The molecule has 0 spiro atoms. The van der Waals surface area contributed by atoms with Crippen LogP contribution in [0.15, 0.2) is 12.2 Å². The Morgan fingerprint density at radius 1 is 0.786 bits per heavy atom. The van der Waals surface area contributed by atoms with Crippen molar-refractivity contribution in [3.63, 3.8) is 0 Å². The average Bonchev–Trinajstić information content (AvgIpc) is 2.87. The molecule has 76 valence electrons. The van der Waals surface area contributed by atoms with E-state index < -0.39 is 12.3 Å². The molecule has 0 N–H and O–H groups in total. The summed E-state index contributed by atoms with van der Waals surface area (Å²) < 4.78 is 27.2. The van der Waals surface area contributed by atoms with E-state index >= 15 is 0 Å². The number of allylic oxidation sites excluding steroid dienone is 2. The fraction of sp³-hybridized carbons (Fsp3) is 0.833.